The van der Waals surface area contributed by atoms with Gasteiger partial charge in [-0.2, -0.15) is 0 Å². The summed E-state index contributed by atoms with van der Waals surface area (Å²) in [6, 6.07) is 8.82. The van der Waals surface area contributed by atoms with E-state index in [1.165, 1.54) is 6.07 Å². The SMILES string of the molecule is CCCC1Oc2ccc(Cl)nc2C2Cc3c(F)cccc3N12. The molecule has 2 aliphatic rings. The predicted octanol–water partition coefficient (Wildman–Crippen LogP) is 4.50. The van der Waals surface area contributed by atoms with Gasteiger partial charge in [0.25, 0.3) is 0 Å². The van der Waals surface area contributed by atoms with Crippen LogP contribution in [0.3, 0.4) is 0 Å². The van der Waals surface area contributed by atoms with E-state index < -0.39 is 0 Å². The Kier molecular flexibility index (Phi) is 3.22. The number of anilines is 1. The molecule has 0 fully saturated rings. The van der Waals surface area contributed by atoms with E-state index >= 15 is 0 Å². The fraction of sp³-hybridized carbons (Fsp3) is 0.353. The monoisotopic (exact) mass is 318 g/mol. The van der Waals surface area contributed by atoms with E-state index in [1.807, 2.05) is 12.1 Å². The summed E-state index contributed by atoms with van der Waals surface area (Å²) in [5.41, 5.74) is 2.46. The Morgan fingerprint density at radius 3 is 3.05 bits per heavy atom. The zero-order valence-electron chi connectivity index (χ0n) is 12.2. The first kappa shape index (κ1) is 13.8. The predicted molar refractivity (Wildman–Crippen MR) is 83.9 cm³/mol. The number of ether oxygens (including phenoxy) is 1. The lowest BCUT2D eigenvalue weighted by molar-refractivity contribution is 0.152. The van der Waals surface area contributed by atoms with Gasteiger partial charge in [0.05, 0.1) is 6.04 Å². The van der Waals surface area contributed by atoms with Crippen LogP contribution in [0, 0.1) is 5.82 Å². The summed E-state index contributed by atoms with van der Waals surface area (Å²) in [5, 5.41) is 0.438. The summed E-state index contributed by atoms with van der Waals surface area (Å²) in [6.45, 7) is 2.12. The van der Waals surface area contributed by atoms with E-state index in [9.17, 15) is 4.39 Å². The molecule has 2 aliphatic heterocycles. The first-order chi connectivity index (χ1) is 10.7. The third-order valence-electron chi connectivity index (χ3n) is 4.38. The van der Waals surface area contributed by atoms with Crippen molar-refractivity contribution in [1.82, 2.24) is 4.98 Å². The summed E-state index contributed by atoms with van der Waals surface area (Å²) in [6.07, 6.45) is 2.39. The van der Waals surface area contributed by atoms with Crippen molar-refractivity contribution in [2.24, 2.45) is 0 Å². The molecule has 5 heteroatoms. The van der Waals surface area contributed by atoms with E-state index in [-0.39, 0.29) is 18.1 Å². The van der Waals surface area contributed by atoms with Gasteiger partial charge >= 0.3 is 0 Å². The van der Waals surface area contributed by atoms with Gasteiger partial charge in [0.15, 0.2) is 6.23 Å². The lowest BCUT2D eigenvalue weighted by Crippen LogP contribution is -2.44. The van der Waals surface area contributed by atoms with Crippen LogP contribution in [0.1, 0.15) is 37.1 Å². The minimum Gasteiger partial charge on any atom is -0.469 e. The molecule has 0 radical (unpaired) electrons. The first-order valence-electron chi connectivity index (χ1n) is 7.58. The van der Waals surface area contributed by atoms with Gasteiger partial charge < -0.3 is 9.64 Å². The molecule has 0 saturated heterocycles. The fourth-order valence-electron chi connectivity index (χ4n) is 3.46. The van der Waals surface area contributed by atoms with Crippen LogP contribution in [0.4, 0.5) is 10.1 Å². The molecule has 0 saturated carbocycles. The molecule has 1 aromatic carbocycles. The second-order valence-electron chi connectivity index (χ2n) is 5.74. The highest BCUT2D eigenvalue weighted by Crippen LogP contribution is 2.48. The molecule has 1 aromatic heterocycles. The topological polar surface area (TPSA) is 25.4 Å². The molecule has 0 spiro atoms. The minimum absolute atomic E-state index is 0.00843. The van der Waals surface area contributed by atoms with Gasteiger partial charge in [-0.1, -0.05) is 31.0 Å². The van der Waals surface area contributed by atoms with Crippen LogP contribution in [0.2, 0.25) is 5.15 Å². The van der Waals surface area contributed by atoms with E-state index in [1.54, 1.807) is 12.1 Å². The number of pyridine rings is 1. The fourth-order valence-corrected chi connectivity index (χ4v) is 3.61. The second kappa shape index (κ2) is 5.13. The second-order valence-corrected chi connectivity index (χ2v) is 6.13. The summed E-state index contributed by atoms with van der Waals surface area (Å²) >= 11 is 6.05. The average Bonchev–Trinajstić information content (AvgIpc) is 2.90. The Morgan fingerprint density at radius 1 is 1.36 bits per heavy atom. The smallest absolute Gasteiger partial charge is 0.173 e. The molecule has 3 nitrogen and oxygen atoms in total. The normalized spacial score (nSPS) is 21.9. The van der Waals surface area contributed by atoms with Crippen molar-refractivity contribution in [2.75, 3.05) is 4.90 Å². The lowest BCUT2D eigenvalue weighted by atomic mass is 10.0. The molecule has 2 unspecified atom stereocenters. The zero-order valence-corrected chi connectivity index (χ0v) is 13.0. The maximum absolute atomic E-state index is 14.2. The highest BCUT2D eigenvalue weighted by molar-refractivity contribution is 6.29. The third-order valence-corrected chi connectivity index (χ3v) is 4.59. The number of aromatic nitrogens is 1. The summed E-state index contributed by atoms with van der Waals surface area (Å²) in [4.78, 5) is 6.60. The van der Waals surface area contributed by atoms with Crippen LogP contribution in [-0.4, -0.2) is 11.2 Å². The Balaban J connectivity index is 1.86. The highest BCUT2D eigenvalue weighted by Gasteiger charge is 2.43. The van der Waals surface area contributed by atoms with Crippen molar-refractivity contribution >= 4 is 17.3 Å². The number of halogens is 2. The molecule has 22 heavy (non-hydrogen) atoms. The molecule has 0 amide bonds. The van der Waals surface area contributed by atoms with Crippen LogP contribution in [0.15, 0.2) is 30.3 Å². The van der Waals surface area contributed by atoms with Gasteiger partial charge in [0.2, 0.25) is 0 Å². The quantitative estimate of drug-likeness (QED) is 0.762. The van der Waals surface area contributed by atoms with Crippen molar-refractivity contribution in [3.63, 3.8) is 0 Å². The molecule has 0 aliphatic carbocycles. The first-order valence-corrected chi connectivity index (χ1v) is 7.95. The van der Waals surface area contributed by atoms with Gasteiger partial charge in [-0.15, -0.1) is 0 Å². The van der Waals surface area contributed by atoms with Crippen molar-refractivity contribution in [3.8, 4) is 5.75 Å². The van der Waals surface area contributed by atoms with Gasteiger partial charge in [-0.3, -0.25) is 0 Å². The van der Waals surface area contributed by atoms with Crippen LogP contribution in [0.25, 0.3) is 0 Å². The van der Waals surface area contributed by atoms with E-state index in [0.29, 0.717) is 11.6 Å². The van der Waals surface area contributed by atoms with E-state index in [2.05, 4.69) is 16.8 Å². The number of rotatable bonds is 2. The molecule has 0 N–H and O–H groups in total. The molecule has 3 heterocycles. The Bertz CT molecular complexity index is 737. The molecular formula is C17H16ClFN2O. The summed E-state index contributed by atoms with van der Waals surface area (Å²) in [5.74, 6) is 0.600. The minimum atomic E-state index is -0.161. The number of fused-ring (bicyclic) bond motifs is 5. The summed E-state index contributed by atoms with van der Waals surface area (Å²) in [7, 11) is 0. The molecule has 2 atom stereocenters. The standard InChI is InChI=1S/C17H16ClFN2O/c1-2-4-16-21-12-6-3-5-11(19)10(12)9-13(21)17-14(22-16)7-8-15(18)20-17/h3,5-8,13,16H,2,4,9H2,1H3. The van der Waals surface area contributed by atoms with E-state index in [4.69, 9.17) is 16.3 Å². The Morgan fingerprint density at radius 2 is 2.23 bits per heavy atom. The average molecular weight is 319 g/mol. The van der Waals surface area contributed by atoms with Crippen molar-refractivity contribution < 1.29 is 9.13 Å². The molecule has 2 aromatic rings. The lowest BCUT2D eigenvalue weighted by Gasteiger charge is -2.40. The van der Waals surface area contributed by atoms with Gasteiger partial charge in [0.1, 0.15) is 22.4 Å². The van der Waals surface area contributed by atoms with Gasteiger partial charge in [-0.05, 0) is 24.3 Å². The van der Waals surface area contributed by atoms with Crippen LogP contribution >= 0.6 is 11.6 Å². The van der Waals surface area contributed by atoms with Crippen LogP contribution in [0.5, 0.6) is 5.75 Å². The molecular weight excluding hydrogens is 303 g/mol. The third kappa shape index (κ3) is 1.97. The molecule has 4 rings (SSSR count). The maximum atomic E-state index is 14.2. The number of hydrogen-bond acceptors (Lipinski definition) is 3. The Hall–Kier alpha value is -1.81. The van der Waals surface area contributed by atoms with Crippen LogP contribution < -0.4 is 9.64 Å². The largest absolute Gasteiger partial charge is 0.469 e. The number of nitrogens with zero attached hydrogens (tertiary/aromatic N) is 2. The maximum Gasteiger partial charge on any atom is 0.173 e. The highest BCUT2D eigenvalue weighted by atomic mass is 35.5. The van der Waals surface area contributed by atoms with Gasteiger partial charge in [-0.25, -0.2) is 9.37 Å². The van der Waals surface area contributed by atoms with Crippen molar-refractivity contribution in [2.45, 2.75) is 38.5 Å². The summed E-state index contributed by atoms with van der Waals surface area (Å²) < 4.78 is 20.3. The van der Waals surface area contributed by atoms with Crippen molar-refractivity contribution in [3.05, 3.63) is 52.6 Å². The van der Waals surface area contributed by atoms with Gasteiger partial charge in [0, 0.05) is 24.1 Å². The number of hydrogen-bond donors (Lipinski definition) is 0. The van der Waals surface area contributed by atoms with E-state index in [0.717, 1.165) is 35.5 Å². The molecule has 114 valence electrons. The van der Waals surface area contributed by atoms with Crippen LogP contribution in [-0.2, 0) is 6.42 Å². The van der Waals surface area contributed by atoms with Crippen molar-refractivity contribution in [1.29, 1.82) is 0 Å². The number of benzene rings is 1. The Labute approximate surface area is 133 Å². The zero-order chi connectivity index (χ0) is 15.3. The molecule has 0 bridgehead atoms.